The first kappa shape index (κ1) is 18.9. The summed E-state index contributed by atoms with van der Waals surface area (Å²) in [5.41, 5.74) is 1.42. The van der Waals surface area contributed by atoms with Crippen molar-refractivity contribution in [1.82, 2.24) is 4.57 Å². The number of carbonyl (C=O) groups is 2. The summed E-state index contributed by atoms with van der Waals surface area (Å²) < 4.78 is 15.2. The SMILES string of the molecule is CCC(C(=O)O)c1c(C)n(C(=O)c2ccc(Cl)c(F)c2)c2ccc(O)cc12. The highest BCUT2D eigenvalue weighted by molar-refractivity contribution is 6.30. The second-order valence-corrected chi connectivity index (χ2v) is 6.68. The monoisotopic (exact) mass is 389 g/mol. The molecule has 140 valence electrons. The summed E-state index contributed by atoms with van der Waals surface area (Å²) >= 11 is 5.69. The molecule has 3 aromatic rings. The van der Waals surface area contributed by atoms with Crippen LogP contribution in [0, 0.1) is 12.7 Å². The van der Waals surface area contributed by atoms with E-state index in [0.717, 1.165) is 6.07 Å². The van der Waals surface area contributed by atoms with Crippen LogP contribution >= 0.6 is 11.6 Å². The van der Waals surface area contributed by atoms with E-state index < -0.39 is 23.6 Å². The summed E-state index contributed by atoms with van der Waals surface area (Å²) in [6.45, 7) is 3.38. The molecule has 0 bridgehead atoms. The second kappa shape index (κ2) is 7.04. The molecule has 0 saturated carbocycles. The summed E-state index contributed by atoms with van der Waals surface area (Å²) in [4.78, 5) is 24.8. The molecule has 0 aliphatic heterocycles. The Bertz CT molecular complexity index is 1070. The van der Waals surface area contributed by atoms with Gasteiger partial charge < -0.3 is 10.2 Å². The Labute approximate surface area is 159 Å². The lowest BCUT2D eigenvalue weighted by atomic mass is 9.94. The van der Waals surface area contributed by atoms with Gasteiger partial charge in [0.15, 0.2) is 0 Å². The zero-order chi connectivity index (χ0) is 19.9. The van der Waals surface area contributed by atoms with Crippen LogP contribution in [-0.2, 0) is 4.79 Å². The third-order valence-electron chi connectivity index (χ3n) is 4.66. The van der Waals surface area contributed by atoms with Crippen LogP contribution < -0.4 is 0 Å². The van der Waals surface area contributed by atoms with Gasteiger partial charge in [-0.25, -0.2) is 4.39 Å². The molecular weight excluding hydrogens is 373 g/mol. The maximum Gasteiger partial charge on any atom is 0.311 e. The van der Waals surface area contributed by atoms with E-state index in [9.17, 15) is 24.2 Å². The highest BCUT2D eigenvalue weighted by atomic mass is 35.5. The number of rotatable bonds is 4. The lowest BCUT2D eigenvalue weighted by Crippen LogP contribution is -2.16. The van der Waals surface area contributed by atoms with Gasteiger partial charge in [-0.05, 0) is 55.3 Å². The minimum absolute atomic E-state index is 0.0360. The molecule has 1 heterocycles. The van der Waals surface area contributed by atoms with Gasteiger partial charge in [0.1, 0.15) is 11.6 Å². The fourth-order valence-electron chi connectivity index (χ4n) is 3.39. The van der Waals surface area contributed by atoms with Crippen LogP contribution in [0.1, 0.15) is 40.9 Å². The highest BCUT2D eigenvalue weighted by Gasteiger charge is 2.28. The molecule has 0 saturated heterocycles. The molecule has 0 spiro atoms. The van der Waals surface area contributed by atoms with Crippen molar-refractivity contribution in [3.63, 3.8) is 0 Å². The molecule has 0 aliphatic rings. The normalized spacial score (nSPS) is 12.3. The molecule has 5 nitrogen and oxygen atoms in total. The fraction of sp³-hybridized carbons (Fsp3) is 0.200. The Balaban J connectivity index is 2.30. The number of phenols is 1. The summed E-state index contributed by atoms with van der Waals surface area (Å²) in [6.07, 6.45) is 0.314. The van der Waals surface area contributed by atoms with Gasteiger partial charge in [-0.1, -0.05) is 18.5 Å². The minimum Gasteiger partial charge on any atom is -0.508 e. The van der Waals surface area contributed by atoms with Crippen LogP contribution in [0.15, 0.2) is 36.4 Å². The number of fused-ring (bicyclic) bond motifs is 1. The number of benzene rings is 2. The molecule has 0 fully saturated rings. The van der Waals surface area contributed by atoms with Gasteiger partial charge in [-0.2, -0.15) is 0 Å². The van der Waals surface area contributed by atoms with E-state index in [1.54, 1.807) is 19.9 Å². The average molecular weight is 390 g/mol. The molecule has 1 unspecified atom stereocenters. The Morgan fingerprint density at radius 2 is 1.93 bits per heavy atom. The molecule has 0 aliphatic carbocycles. The fourth-order valence-corrected chi connectivity index (χ4v) is 3.51. The van der Waals surface area contributed by atoms with E-state index in [1.807, 2.05) is 0 Å². The first-order valence-electron chi connectivity index (χ1n) is 8.32. The van der Waals surface area contributed by atoms with Crippen LogP contribution in [0.4, 0.5) is 4.39 Å². The number of aromatic hydroxyl groups is 1. The van der Waals surface area contributed by atoms with Crippen LogP contribution in [0.5, 0.6) is 5.75 Å². The van der Waals surface area contributed by atoms with Crippen LogP contribution in [0.2, 0.25) is 5.02 Å². The van der Waals surface area contributed by atoms with E-state index in [0.29, 0.717) is 28.6 Å². The lowest BCUT2D eigenvalue weighted by Gasteiger charge is -2.12. The Morgan fingerprint density at radius 1 is 1.22 bits per heavy atom. The zero-order valence-corrected chi connectivity index (χ0v) is 15.4. The quantitative estimate of drug-likeness (QED) is 0.677. The Morgan fingerprint density at radius 3 is 2.52 bits per heavy atom. The molecule has 0 radical (unpaired) electrons. The summed E-state index contributed by atoms with van der Waals surface area (Å²) in [7, 11) is 0. The second-order valence-electron chi connectivity index (χ2n) is 6.27. The van der Waals surface area contributed by atoms with Gasteiger partial charge in [0, 0.05) is 16.6 Å². The number of phenolic OH excluding ortho intramolecular Hbond substituents is 1. The smallest absolute Gasteiger partial charge is 0.311 e. The Hall–Kier alpha value is -2.86. The van der Waals surface area contributed by atoms with E-state index in [1.165, 1.54) is 28.8 Å². The molecule has 1 aromatic heterocycles. The van der Waals surface area contributed by atoms with Gasteiger partial charge >= 0.3 is 5.97 Å². The van der Waals surface area contributed by atoms with Crippen molar-refractivity contribution in [1.29, 1.82) is 0 Å². The van der Waals surface area contributed by atoms with Crippen LogP contribution in [-0.4, -0.2) is 26.7 Å². The van der Waals surface area contributed by atoms with Crippen molar-refractivity contribution >= 4 is 34.4 Å². The number of nitrogens with zero attached hydrogens (tertiary/aromatic N) is 1. The molecule has 7 heteroatoms. The van der Waals surface area contributed by atoms with Gasteiger partial charge in [0.2, 0.25) is 0 Å². The largest absolute Gasteiger partial charge is 0.508 e. The molecule has 2 N–H and O–H groups in total. The maximum atomic E-state index is 13.8. The third kappa shape index (κ3) is 3.17. The number of hydrogen-bond donors (Lipinski definition) is 2. The number of hydrogen-bond acceptors (Lipinski definition) is 3. The molecule has 0 amide bonds. The molecule has 1 atom stereocenters. The average Bonchev–Trinajstić information content (AvgIpc) is 2.89. The molecule has 27 heavy (non-hydrogen) atoms. The number of halogens is 2. The van der Waals surface area contributed by atoms with Gasteiger partial charge in [0.25, 0.3) is 5.91 Å². The molecule has 2 aromatic carbocycles. The number of carboxylic acid groups (broad SMARTS) is 1. The summed E-state index contributed by atoms with van der Waals surface area (Å²) in [5, 5.41) is 19.8. The van der Waals surface area contributed by atoms with Gasteiger partial charge in [-0.3, -0.25) is 14.2 Å². The van der Waals surface area contributed by atoms with Crippen molar-refractivity contribution < 1.29 is 24.2 Å². The molecule has 3 rings (SSSR count). The zero-order valence-electron chi connectivity index (χ0n) is 14.7. The highest BCUT2D eigenvalue weighted by Crippen LogP contribution is 2.36. The van der Waals surface area contributed by atoms with Crippen molar-refractivity contribution in [2.45, 2.75) is 26.2 Å². The lowest BCUT2D eigenvalue weighted by molar-refractivity contribution is -0.138. The number of aliphatic carboxylic acids is 1. The Kier molecular flexibility index (Phi) is 4.93. The van der Waals surface area contributed by atoms with Crippen molar-refractivity contribution in [2.24, 2.45) is 0 Å². The van der Waals surface area contributed by atoms with Crippen molar-refractivity contribution in [2.75, 3.05) is 0 Å². The first-order valence-corrected chi connectivity index (χ1v) is 8.70. The third-order valence-corrected chi connectivity index (χ3v) is 4.97. The van der Waals surface area contributed by atoms with Gasteiger partial charge in [-0.15, -0.1) is 0 Å². The van der Waals surface area contributed by atoms with Crippen molar-refractivity contribution in [3.05, 3.63) is 64.1 Å². The topological polar surface area (TPSA) is 79.5 Å². The first-order chi connectivity index (χ1) is 12.8. The molecular formula is C20H17ClFNO4. The number of carbonyl (C=O) groups excluding carboxylic acids is 1. The van der Waals surface area contributed by atoms with E-state index in [2.05, 4.69) is 0 Å². The standard InChI is InChI=1S/C20H17ClFNO4/c1-3-13(20(26)27)18-10(2)23(17-7-5-12(24)9-14(17)18)19(25)11-4-6-15(21)16(22)8-11/h4-9,13,24H,3H2,1-2H3,(H,26,27). The number of aromatic nitrogens is 1. The predicted molar refractivity (Wildman–Crippen MR) is 100 cm³/mol. The van der Waals surface area contributed by atoms with E-state index >= 15 is 0 Å². The van der Waals surface area contributed by atoms with Crippen LogP contribution in [0.25, 0.3) is 10.9 Å². The van der Waals surface area contributed by atoms with Crippen molar-refractivity contribution in [3.8, 4) is 5.75 Å². The van der Waals surface area contributed by atoms with Gasteiger partial charge in [0.05, 0.1) is 16.5 Å². The minimum atomic E-state index is -1.02. The summed E-state index contributed by atoms with van der Waals surface area (Å²) in [6, 6.07) is 8.15. The predicted octanol–water partition coefficient (Wildman–Crippen LogP) is 4.71. The summed E-state index contributed by atoms with van der Waals surface area (Å²) in [5.74, 6) is -3.12. The van der Waals surface area contributed by atoms with E-state index in [-0.39, 0.29) is 16.3 Å². The van der Waals surface area contributed by atoms with E-state index in [4.69, 9.17) is 11.6 Å². The number of carboxylic acids is 1. The van der Waals surface area contributed by atoms with Crippen LogP contribution in [0.3, 0.4) is 0 Å². The maximum absolute atomic E-state index is 13.8.